The topological polar surface area (TPSA) is 46.2 Å². The van der Waals surface area contributed by atoms with Crippen LogP contribution in [0.25, 0.3) is 0 Å². The molecular formula is C17H19BrClN3O. The minimum atomic E-state index is 0.476. The van der Waals surface area contributed by atoms with E-state index in [2.05, 4.69) is 31.5 Å². The lowest BCUT2D eigenvalue weighted by Gasteiger charge is -2.27. The lowest BCUT2D eigenvalue weighted by atomic mass is 10.0. The first-order valence-electron chi connectivity index (χ1n) is 7.63. The van der Waals surface area contributed by atoms with E-state index in [1.165, 1.54) is 0 Å². The molecule has 0 amide bonds. The summed E-state index contributed by atoms with van der Waals surface area (Å²) in [6.45, 7) is 4.56. The van der Waals surface area contributed by atoms with Crippen LogP contribution in [0.1, 0.15) is 11.1 Å². The van der Waals surface area contributed by atoms with Gasteiger partial charge in [0.05, 0.1) is 6.20 Å². The number of rotatable bonds is 7. The van der Waals surface area contributed by atoms with Crippen molar-refractivity contribution in [3.63, 3.8) is 0 Å². The van der Waals surface area contributed by atoms with Crippen molar-refractivity contribution in [2.24, 2.45) is 5.92 Å². The Morgan fingerprint density at radius 2 is 2.17 bits per heavy atom. The fourth-order valence-electron chi connectivity index (χ4n) is 2.35. The molecule has 6 heteroatoms. The number of nitrogens with zero attached hydrogens (tertiary/aromatic N) is 1. The predicted octanol–water partition coefficient (Wildman–Crippen LogP) is 3.39. The van der Waals surface area contributed by atoms with E-state index < -0.39 is 0 Å². The second-order valence-corrected chi connectivity index (χ2v) is 7.00. The molecule has 0 atom stereocenters. The first kappa shape index (κ1) is 16.7. The van der Waals surface area contributed by atoms with Crippen molar-refractivity contribution in [2.45, 2.75) is 13.2 Å². The number of halogens is 2. The Morgan fingerprint density at radius 3 is 2.91 bits per heavy atom. The molecule has 1 saturated heterocycles. The molecule has 23 heavy (non-hydrogen) atoms. The van der Waals surface area contributed by atoms with E-state index in [-0.39, 0.29) is 0 Å². The lowest BCUT2D eigenvalue weighted by Crippen LogP contribution is -2.47. The number of benzene rings is 1. The summed E-state index contributed by atoms with van der Waals surface area (Å²) in [4.78, 5) is 4.26. The Labute approximate surface area is 149 Å². The fraction of sp³-hybridized carbons (Fsp3) is 0.353. The van der Waals surface area contributed by atoms with Crippen molar-refractivity contribution >= 4 is 27.5 Å². The highest BCUT2D eigenvalue weighted by atomic mass is 79.9. The van der Waals surface area contributed by atoms with Gasteiger partial charge in [0.2, 0.25) is 0 Å². The molecule has 0 spiro atoms. The first-order valence-corrected chi connectivity index (χ1v) is 8.80. The van der Waals surface area contributed by atoms with E-state index in [1.807, 2.05) is 30.5 Å². The number of ether oxygens (including phenoxy) is 1. The van der Waals surface area contributed by atoms with Crippen LogP contribution in [0.3, 0.4) is 0 Å². The summed E-state index contributed by atoms with van der Waals surface area (Å²) in [5.74, 6) is 1.53. The van der Waals surface area contributed by atoms with E-state index in [9.17, 15) is 0 Å². The Hall–Kier alpha value is -1.14. The zero-order chi connectivity index (χ0) is 16.1. The molecule has 122 valence electrons. The van der Waals surface area contributed by atoms with E-state index >= 15 is 0 Å². The van der Waals surface area contributed by atoms with Crippen LogP contribution >= 0.6 is 27.5 Å². The van der Waals surface area contributed by atoms with Gasteiger partial charge in [0.15, 0.2) is 0 Å². The third-order valence-electron chi connectivity index (χ3n) is 3.81. The molecule has 1 aliphatic rings. The molecule has 0 bridgehead atoms. The third-order valence-corrected chi connectivity index (χ3v) is 4.78. The number of pyridine rings is 1. The molecule has 2 heterocycles. The van der Waals surface area contributed by atoms with Crippen molar-refractivity contribution in [3.8, 4) is 5.75 Å². The monoisotopic (exact) mass is 395 g/mol. The minimum Gasteiger partial charge on any atom is -0.487 e. The third kappa shape index (κ3) is 4.91. The van der Waals surface area contributed by atoms with Gasteiger partial charge in [0.25, 0.3) is 0 Å². The van der Waals surface area contributed by atoms with Crippen molar-refractivity contribution in [1.29, 1.82) is 0 Å². The molecule has 3 rings (SSSR count). The molecule has 0 aliphatic carbocycles. The van der Waals surface area contributed by atoms with Crippen LogP contribution in [0.4, 0.5) is 0 Å². The normalized spacial score (nSPS) is 14.5. The van der Waals surface area contributed by atoms with Gasteiger partial charge in [-0.05, 0) is 29.7 Å². The maximum Gasteiger partial charge on any atom is 0.138 e. The highest BCUT2D eigenvalue weighted by molar-refractivity contribution is 9.10. The number of hydrogen-bond acceptors (Lipinski definition) is 4. The molecule has 0 unspecified atom stereocenters. The summed E-state index contributed by atoms with van der Waals surface area (Å²) in [6.07, 6.45) is 3.61. The average molecular weight is 397 g/mol. The fourth-order valence-corrected chi connectivity index (χ4v) is 3.15. The summed E-state index contributed by atoms with van der Waals surface area (Å²) < 4.78 is 6.79. The molecule has 1 fully saturated rings. The van der Waals surface area contributed by atoms with Gasteiger partial charge in [-0.2, -0.15) is 0 Å². The second kappa shape index (κ2) is 8.11. The summed E-state index contributed by atoms with van der Waals surface area (Å²) in [5.41, 5.74) is 2.18. The van der Waals surface area contributed by atoms with Crippen LogP contribution in [-0.2, 0) is 13.2 Å². The van der Waals surface area contributed by atoms with Gasteiger partial charge >= 0.3 is 0 Å². The highest BCUT2D eigenvalue weighted by Gasteiger charge is 2.15. The summed E-state index contributed by atoms with van der Waals surface area (Å²) in [5, 5.41) is 7.44. The molecule has 1 aromatic heterocycles. The molecule has 4 nitrogen and oxygen atoms in total. The number of hydrogen-bond donors (Lipinski definition) is 2. The maximum atomic E-state index is 5.95. The average Bonchev–Trinajstić information content (AvgIpc) is 2.49. The molecule has 2 N–H and O–H groups in total. The van der Waals surface area contributed by atoms with Gasteiger partial charge in [-0.25, -0.2) is 0 Å². The van der Waals surface area contributed by atoms with E-state index in [4.69, 9.17) is 16.3 Å². The Balaban J connectivity index is 1.52. The summed E-state index contributed by atoms with van der Waals surface area (Å²) in [7, 11) is 0. The van der Waals surface area contributed by atoms with Crippen molar-refractivity contribution in [2.75, 3.05) is 19.6 Å². The molecular weight excluding hydrogens is 378 g/mol. The second-order valence-electron chi connectivity index (χ2n) is 5.71. The maximum absolute atomic E-state index is 5.95. The first-order chi connectivity index (χ1) is 11.2. The molecule has 1 aromatic carbocycles. The van der Waals surface area contributed by atoms with Crippen LogP contribution in [0.2, 0.25) is 5.02 Å². The molecule has 0 radical (unpaired) electrons. The van der Waals surface area contributed by atoms with Crippen LogP contribution < -0.4 is 15.4 Å². The molecule has 0 saturated carbocycles. The largest absolute Gasteiger partial charge is 0.487 e. The van der Waals surface area contributed by atoms with Crippen molar-refractivity contribution < 1.29 is 4.74 Å². The Bertz CT molecular complexity index is 664. The van der Waals surface area contributed by atoms with Gasteiger partial charge in [-0.15, -0.1) is 0 Å². The molecule has 2 aromatic rings. The van der Waals surface area contributed by atoms with Crippen LogP contribution in [0, 0.1) is 5.92 Å². The number of aromatic nitrogens is 1. The van der Waals surface area contributed by atoms with Gasteiger partial charge in [0.1, 0.15) is 12.4 Å². The Morgan fingerprint density at radius 1 is 1.30 bits per heavy atom. The van der Waals surface area contributed by atoms with Crippen LogP contribution in [-0.4, -0.2) is 24.6 Å². The van der Waals surface area contributed by atoms with Gasteiger partial charge in [0, 0.05) is 47.4 Å². The van der Waals surface area contributed by atoms with Crippen LogP contribution in [0.15, 0.2) is 41.1 Å². The number of nitrogens with one attached hydrogen (secondary N) is 2. The SMILES string of the molecule is Clc1ccc(COc2cncc(CNCC3CNC3)c2)c(Br)c1. The van der Waals surface area contributed by atoms with Gasteiger partial charge in [-0.1, -0.05) is 33.6 Å². The standard InChI is InChI=1S/C17H19BrClN3O/c18-17-4-15(19)2-1-14(17)11-23-16-3-12(6-22-10-16)5-20-7-13-8-21-9-13/h1-4,6,10,13,20-21H,5,7-9,11H2. The predicted molar refractivity (Wildman–Crippen MR) is 95.8 cm³/mol. The van der Waals surface area contributed by atoms with Gasteiger partial charge in [-0.3, -0.25) is 4.98 Å². The van der Waals surface area contributed by atoms with Crippen LogP contribution in [0.5, 0.6) is 5.75 Å². The smallest absolute Gasteiger partial charge is 0.138 e. The quantitative estimate of drug-likeness (QED) is 0.753. The van der Waals surface area contributed by atoms with Crippen molar-refractivity contribution in [3.05, 3.63) is 57.3 Å². The Kier molecular flexibility index (Phi) is 5.89. The minimum absolute atomic E-state index is 0.476. The lowest BCUT2D eigenvalue weighted by molar-refractivity contribution is 0.303. The highest BCUT2D eigenvalue weighted by Crippen LogP contribution is 2.23. The van der Waals surface area contributed by atoms with E-state index in [0.29, 0.717) is 11.6 Å². The zero-order valence-electron chi connectivity index (χ0n) is 12.7. The van der Waals surface area contributed by atoms with Crippen molar-refractivity contribution in [1.82, 2.24) is 15.6 Å². The van der Waals surface area contributed by atoms with E-state index in [1.54, 1.807) is 6.20 Å². The zero-order valence-corrected chi connectivity index (χ0v) is 15.0. The van der Waals surface area contributed by atoms with Gasteiger partial charge < -0.3 is 15.4 Å². The van der Waals surface area contributed by atoms with E-state index in [0.717, 1.165) is 53.4 Å². The summed E-state index contributed by atoms with van der Waals surface area (Å²) in [6, 6.07) is 7.72. The summed E-state index contributed by atoms with van der Waals surface area (Å²) >= 11 is 9.45. The molecule has 1 aliphatic heterocycles.